The number of benzene rings is 2. The van der Waals surface area contributed by atoms with Crippen molar-refractivity contribution in [2.45, 2.75) is 19.6 Å². The van der Waals surface area contributed by atoms with Crippen LogP contribution in [0.25, 0.3) is 28.6 Å². The molecule has 0 bridgehead atoms. The standard InChI is InChI=1S/C23H18FN7O2/c24-16-6-7-18-17(10-16)23-25-13-27-31(23)11-19-21(26-14-30(18)19)22-28-20(33-29-22)8-9-32-12-15-4-2-1-3-5-15/h1-7,10,13-14H,8-9,11-12H2. The highest BCUT2D eigenvalue weighted by Crippen LogP contribution is 2.33. The Kier molecular flexibility index (Phi) is 4.76. The summed E-state index contributed by atoms with van der Waals surface area (Å²) < 4.78 is 28.7. The molecule has 10 heteroatoms. The zero-order chi connectivity index (χ0) is 22.2. The smallest absolute Gasteiger partial charge is 0.229 e. The Labute approximate surface area is 187 Å². The largest absolute Gasteiger partial charge is 0.376 e. The van der Waals surface area contributed by atoms with Crippen molar-refractivity contribution >= 4 is 0 Å². The third-order valence-corrected chi connectivity index (χ3v) is 5.49. The second-order valence-electron chi connectivity index (χ2n) is 7.61. The minimum atomic E-state index is -0.343. The molecule has 0 N–H and O–H groups in total. The highest BCUT2D eigenvalue weighted by atomic mass is 19.1. The van der Waals surface area contributed by atoms with Crippen molar-refractivity contribution in [2.24, 2.45) is 0 Å². The number of fused-ring (bicyclic) bond motifs is 5. The summed E-state index contributed by atoms with van der Waals surface area (Å²) >= 11 is 0. The van der Waals surface area contributed by atoms with E-state index in [1.165, 1.54) is 18.5 Å². The first kappa shape index (κ1) is 19.5. The lowest BCUT2D eigenvalue weighted by Crippen LogP contribution is -2.06. The molecule has 3 aromatic heterocycles. The fourth-order valence-electron chi connectivity index (χ4n) is 3.92. The van der Waals surface area contributed by atoms with E-state index < -0.39 is 0 Å². The van der Waals surface area contributed by atoms with E-state index in [2.05, 4.69) is 25.2 Å². The van der Waals surface area contributed by atoms with Crippen LogP contribution in [0.5, 0.6) is 0 Å². The molecule has 0 saturated heterocycles. The monoisotopic (exact) mass is 443 g/mol. The van der Waals surface area contributed by atoms with Gasteiger partial charge in [-0.05, 0) is 23.8 Å². The Morgan fingerprint density at radius 3 is 2.91 bits per heavy atom. The lowest BCUT2D eigenvalue weighted by atomic mass is 10.1. The van der Waals surface area contributed by atoms with Gasteiger partial charge in [-0.15, -0.1) is 0 Å². The molecule has 2 aromatic carbocycles. The van der Waals surface area contributed by atoms with E-state index in [4.69, 9.17) is 9.26 Å². The van der Waals surface area contributed by atoms with Crippen LogP contribution in [0.3, 0.4) is 0 Å². The van der Waals surface area contributed by atoms with E-state index >= 15 is 0 Å². The molecular formula is C23H18FN7O2. The van der Waals surface area contributed by atoms with Crippen LogP contribution in [0.1, 0.15) is 17.1 Å². The Morgan fingerprint density at radius 2 is 2.00 bits per heavy atom. The average molecular weight is 443 g/mol. The summed E-state index contributed by atoms with van der Waals surface area (Å²) in [6.45, 7) is 1.36. The van der Waals surface area contributed by atoms with E-state index in [1.54, 1.807) is 17.1 Å². The molecule has 0 spiro atoms. The highest BCUT2D eigenvalue weighted by Gasteiger charge is 2.26. The molecule has 0 unspecified atom stereocenters. The molecule has 0 aliphatic carbocycles. The van der Waals surface area contributed by atoms with Crippen LogP contribution in [0, 0.1) is 5.82 Å². The summed E-state index contributed by atoms with van der Waals surface area (Å²) in [6, 6.07) is 14.5. The quantitative estimate of drug-likeness (QED) is 0.364. The average Bonchev–Trinajstić information content (AvgIpc) is 3.57. The van der Waals surface area contributed by atoms with Gasteiger partial charge in [0.05, 0.1) is 37.6 Å². The summed E-state index contributed by atoms with van der Waals surface area (Å²) in [4.78, 5) is 13.4. The second kappa shape index (κ2) is 8.06. The van der Waals surface area contributed by atoms with Crippen molar-refractivity contribution in [1.29, 1.82) is 0 Å². The lowest BCUT2D eigenvalue weighted by Gasteiger charge is -2.08. The number of ether oxygens (including phenoxy) is 1. The van der Waals surface area contributed by atoms with Gasteiger partial charge in [0.25, 0.3) is 0 Å². The van der Waals surface area contributed by atoms with Crippen molar-refractivity contribution in [1.82, 2.24) is 34.5 Å². The van der Waals surface area contributed by atoms with Crippen LogP contribution >= 0.6 is 0 Å². The van der Waals surface area contributed by atoms with Crippen LogP contribution < -0.4 is 0 Å². The van der Waals surface area contributed by atoms with Crippen LogP contribution in [0.15, 0.2) is 65.7 Å². The summed E-state index contributed by atoms with van der Waals surface area (Å²) in [5.74, 6) is 1.10. The normalized spacial score (nSPS) is 12.2. The van der Waals surface area contributed by atoms with E-state index in [0.717, 1.165) is 16.9 Å². The van der Waals surface area contributed by atoms with Crippen LogP contribution in [0.2, 0.25) is 0 Å². The molecule has 6 rings (SSSR count). The second-order valence-corrected chi connectivity index (χ2v) is 7.61. The Hall–Kier alpha value is -4.18. The van der Waals surface area contributed by atoms with E-state index in [0.29, 0.717) is 55.0 Å². The van der Waals surface area contributed by atoms with E-state index in [9.17, 15) is 4.39 Å². The SMILES string of the molecule is Fc1ccc2c(c1)-c1ncnn1Cc1c(-c3noc(CCOCc4ccccc4)n3)ncn1-2. The van der Waals surface area contributed by atoms with Gasteiger partial charge in [-0.2, -0.15) is 10.1 Å². The van der Waals surface area contributed by atoms with Crippen molar-refractivity contribution < 1.29 is 13.7 Å². The predicted octanol–water partition coefficient (Wildman–Crippen LogP) is 3.44. The minimum Gasteiger partial charge on any atom is -0.376 e. The number of imidazole rings is 1. The molecule has 1 aliphatic heterocycles. The number of hydrogen-bond acceptors (Lipinski definition) is 7. The molecular weight excluding hydrogens is 425 g/mol. The van der Waals surface area contributed by atoms with Gasteiger partial charge in [0.1, 0.15) is 24.2 Å². The molecule has 5 aromatic rings. The topological polar surface area (TPSA) is 96.7 Å². The van der Waals surface area contributed by atoms with Gasteiger partial charge in [-0.3, -0.25) is 4.57 Å². The maximum Gasteiger partial charge on any atom is 0.229 e. The molecule has 0 atom stereocenters. The van der Waals surface area contributed by atoms with Crippen molar-refractivity contribution in [3.63, 3.8) is 0 Å². The number of halogens is 1. The van der Waals surface area contributed by atoms with Gasteiger partial charge in [0.15, 0.2) is 5.82 Å². The molecule has 1 aliphatic rings. The van der Waals surface area contributed by atoms with Gasteiger partial charge >= 0.3 is 0 Å². The van der Waals surface area contributed by atoms with Crippen LogP contribution in [-0.4, -0.2) is 41.1 Å². The fourth-order valence-corrected chi connectivity index (χ4v) is 3.92. The van der Waals surface area contributed by atoms with Crippen molar-refractivity contribution in [2.75, 3.05) is 6.61 Å². The molecule has 0 saturated carbocycles. The fraction of sp³-hybridized carbons (Fsp3) is 0.174. The van der Waals surface area contributed by atoms with Crippen LogP contribution in [-0.2, 0) is 24.3 Å². The number of hydrogen-bond donors (Lipinski definition) is 0. The first-order valence-electron chi connectivity index (χ1n) is 10.5. The molecule has 0 fully saturated rings. The third-order valence-electron chi connectivity index (χ3n) is 5.49. The van der Waals surface area contributed by atoms with Gasteiger partial charge in [0.2, 0.25) is 11.7 Å². The van der Waals surface area contributed by atoms with Crippen molar-refractivity contribution in [3.8, 4) is 28.6 Å². The summed E-state index contributed by atoms with van der Waals surface area (Å²) in [5, 5.41) is 8.43. The van der Waals surface area contributed by atoms with Gasteiger partial charge in [-0.25, -0.2) is 19.0 Å². The zero-order valence-electron chi connectivity index (χ0n) is 17.4. The number of nitrogens with zero attached hydrogens (tertiary/aromatic N) is 7. The number of aromatic nitrogens is 7. The van der Waals surface area contributed by atoms with E-state index in [1.807, 2.05) is 34.9 Å². The molecule has 9 nitrogen and oxygen atoms in total. The Balaban J connectivity index is 1.25. The third kappa shape index (κ3) is 3.60. The van der Waals surface area contributed by atoms with Gasteiger partial charge < -0.3 is 9.26 Å². The molecule has 33 heavy (non-hydrogen) atoms. The summed E-state index contributed by atoms with van der Waals surface area (Å²) in [5.41, 5.74) is 3.89. The lowest BCUT2D eigenvalue weighted by molar-refractivity contribution is 0.118. The molecule has 0 radical (unpaired) electrons. The van der Waals surface area contributed by atoms with E-state index in [-0.39, 0.29) is 5.82 Å². The number of rotatable bonds is 6. The predicted molar refractivity (Wildman–Crippen MR) is 115 cm³/mol. The Bertz CT molecular complexity index is 1420. The maximum atomic E-state index is 14.0. The molecule has 4 heterocycles. The zero-order valence-corrected chi connectivity index (χ0v) is 17.4. The summed E-state index contributed by atoms with van der Waals surface area (Å²) in [6.07, 6.45) is 3.62. The van der Waals surface area contributed by atoms with Crippen LogP contribution in [0.4, 0.5) is 4.39 Å². The first-order valence-corrected chi connectivity index (χ1v) is 10.5. The molecule has 0 amide bonds. The van der Waals surface area contributed by atoms with Crippen molar-refractivity contribution in [3.05, 3.63) is 84.2 Å². The highest BCUT2D eigenvalue weighted by molar-refractivity contribution is 5.70. The summed E-state index contributed by atoms with van der Waals surface area (Å²) in [7, 11) is 0. The maximum absolute atomic E-state index is 14.0. The Morgan fingerprint density at radius 1 is 1.09 bits per heavy atom. The molecule has 164 valence electrons. The van der Waals surface area contributed by atoms with Gasteiger partial charge in [0, 0.05) is 5.56 Å². The minimum absolute atomic E-state index is 0.343. The van der Waals surface area contributed by atoms with Gasteiger partial charge in [-0.1, -0.05) is 35.5 Å². The first-order chi connectivity index (χ1) is 16.3.